The van der Waals surface area contributed by atoms with Crippen LogP contribution in [0.2, 0.25) is 5.02 Å². The van der Waals surface area contributed by atoms with Gasteiger partial charge in [-0.05, 0) is 25.5 Å². The number of rotatable bonds is 6. The monoisotopic (exact) mass is 440 g/mol. The van der Waals surface area contributed by atoms with Gasteiger partial charge in [-0.3, -0.25) is 0 Å². The van der Waals surface area contributed by atoms with Crippen molar-refractivity contribution in [3.8, 4) is 0 Å². The van der Waals surface area contributed by atoms with Crippen molar-refractivity contribution in [3.05, 3.63) is 82.0 Å². The van der Waals surface area contributed by atoms with Crippen molar-refractivity contribution in [2.45, 2.75) is 30.8 Å². The van der Waals surface area contributed by atoms with E-state index in [1.807, 2.05) is 43.3 Å². The first-order chi connectivity index (χ1) is 14.6. The van der Waals surface area contributed by atoms with Crippen LogP contribution in [0.25, 0.3) is 0 Å². The van der Waals surface area contributed by atoms with Gasteiger partial charge in [0, 0.05) is 22.0 Å². The highest BCUT2D eigenvalue weighted by Crippen LogP contribution is 2.39. The summed E-state index contributed by atoms with van der Waals surface area (Å²) in [5.41, 5.74) is 3.11. The normalized spacial score (nSPS) is 15.5. The second-order valence-corrected chi connectivity index (χ2v) is 8.09. The summed E-state index contributed by atoms with van der Waals surface area (Å²) in [6, 6.07) is 17.1. The van der Waals surface area contributed by atoms with Gasteiger partial charge in [0.1, 0.15) is 6.04 Å². The molecule has 0 saturated carbocycles. The molecule has 0 aliphatic carbocycles. The van der Waals surface area contributed by atoms with E-state index >= 15 is 0 Å². The molecule has 1 aliphatic heterocycles. The Bertz CT molecular complexity index is 1100. The second-order valence-electron chi connectivity index (χ2n) is 6.75. The fourth-order valence-corrected chi connectivity index (χ4v) is 4.40. The number of aromatic nitrogens is 3. The maximum absolute atomic E-state index is 12.8. The Labute approximate surface area is 184 Å². The molecular formula is C22H21ClN4O2S. The number of esters is 1. The lowest BCUT2D eigenvalue weighted by molar-refractivity contribution is -0.139. The molecule has 0 unspecified atom stereocenters. The van der Waals surface area contributed by atoms with Crippen LogP contribution in [0.3, 0.4) is 0 Å². The predicted octanol–water partition coefficient (Wildman–Crippen LogP) is 5.08. The molecule has 1 aromatic heterocycles. The van der Waals surface area contributed by atoms with Gasteiger partial charge in [0.25, 0.3) is 0 Å². The second kappa shape index (κ2) is 8.93. The summed E-state index contributed by atoms with van der Waals surface area (Å²) in [7, 11) is 0. The Kier molecular flexibility index (Phi) is 6.11. The van der Waals surface area contributed by atoms with E-state index in [1.165, 1.54) is 17.3 Å². The van der Waals surface area contributed by atoms with Gasteiger partial charge >= 0.3 is 5.97 Å². The van der Waals surface area contributed by atoms with Crippen molar-refractivity contribution >= 4 is 35.3 Å². The maximum atomic E-state index is 12.8. The summed E-state index contributed by atoms with van der Waals surface area (Å²) in [5.74, 6) is 0.922. The number of nitrogens with zero attached hydrogens (tertiary/aromatic N) is 3. The third-order valence-electron chi connectivity index (χ3n) is 4.74. The van der Waals surface area contributed by atoms with Crippen molar-refractivity contribution < 1.29 is 9.53 Å². The van der Waals surface area contributed by atoms with Gasteiger partial charge in [0.2, 0.25) is 11.1 Å². The van der Waals surface area contributed by atoms with Gasteiger partial charge in [0.05, 0.1) is 12.2 Å². The quantitative estimate of drug-likeness (QED) is 0.426. The number of fused-ring (bicyclic) bond motifs is 1. The average Bonchev–Trinajstić information content (AvgIpc) is 3.15. The largest absolute Gasteiger partial charge is 0.463 e. The van der Waals surface area contributed by atoms with E-state index in [9.17, 15) is 4.79 Å². The zero-order valence-electron chi connectivity index (χ0n) is 16.6. The number of allylic oxidation sites excluding steroid dienone is 1. The number of ether oxygens (including phenoxy) is 1. The van der Waals surface area contributed by atoms with Crippen LogP contribution in [-0.2, 0) is 15.3 Å². The molecule has 1 atom stereocenters. The molecule has 8 heteroatoms. The Morgan fingerprint density at radius 2 is 1.93 bits per heavy atom. The fourth-order valence-electron chi connectivity index (χ4n) is 3.37. The zero-order valence-corrected chi connectivity index (χ0v) is 18.2. The van der Waals surface area contributed by atoms with Crippen LogP contribution in [0.15, 0.2) is 71.0 Å². The molecule has 0 fully saturated rings. The SMILES string of the molecule is CCOC(=O)C1=C(C)Nc2nc(SCc3ccccc3)nn2[C@@H]1c1ccccc1Cl. The molecule has 0 radical (unpaired) electrons. The van der Waals surface area contributed by atoms with E-state index in [1.54, 1.807) is 17.7 Å². The number of halogens is 1. The van der Waals surface area contributed by atoms with E-state index in [4.69, 9.17) is 21.4 Å². The lowest BCUT2D eigenvalue weighted by Crippen LogP contribution is -2.29. The number of carbonyl (C=O) groups excluding carboxylic acids is 1. The Balaban J connectivity index is 1.72. The number of hydrogen-bond acceptors (Lipinski definition) is 6. The molecule has 4 rings (SSSR count). The molecule has 3 aromatic rings. The maximum Gasteiger partial charge on any atom is 0.338 e. The molecule has 0 amide bonds. The minimum absolute atomic E-state index is 0.285. The van der Waals surface area contributed by atoms with Crippen LogP contribution in [0.4, 0.5) is 5.95 Å². The average molecular weight is 441 g/mol. The van der Waals surface area contributed by atoms with Gasteiger partial charge in [0.15, 0.2) is 0 Å². The van der Waals surface area contributed by atoms with Crippen molar-refractivity contribution in [2.75, 3.05) is 11.9 Å². The molecule has 0 saturated heterocycles. The van der Waals surface area contributed by atoms with Gasteiger partial charge in [-0.25, -0.2) is 9.48 Å². The van der Waals surface area contributed by atoms with E-state index in [0.717, 1.165) is 11.3 Å². The third-order valence-corrected chi connectivity index (χ3v) is 5.99. The molecule has 154 valence electrons. The summed E-state index contributed by atoms with van der Waals surface area (Å²) in [4.78, 5) is 17.4. The zero-order chi connectivity index (χ0) is 21.1. The van der Waals surface area contributed by atoms with Crippen LogP contribution in [0.1, 0.15) is 31.0 Å². The lowest BCUT2D eigenvalue weighted by Gasteiger charge is -2.28. The van der Waals surface area contributed by atoms with Crippen molar-refractivity contribution in [1.29, 1.82) is 0 Å². The highest BCUT2D eigenvalue weighted by Gasteiger charge is 2.36. The van der Waals surface area contributed by atoms with Crippen molar-refractivity contribution in [1.82, 2.24) is 14.8 Å². The number of benzene rings is 2. The molecule has 30 heavy (non-hydrogen) atoms. The van der Waals surface area contributed by atoms with Crippen LogP contribution in [0, 0.1) is 0 Å². The van der Waals surface area contributed by atoms with Gasteiger partial charge < -0.3 is 10.1 Å². The first kappa shape index (κ1) is 20.5. The number of thioether (sulfide) groups is 1. The molecule has 1 aliphatic rings. The third kappa shape index (κ3) is 4.08. The van der Waals surface area contributed by atoms with Crippen LogP contribution in [0.5, 0.6) is 0 Å². The first-order valence-electron chi connectivity index (χ1n) is 9.61. The number of hydrogen-bond donors (Lipinski definition) is 1. The summed E-state index contributed by atoms with van der Waals surface area (Å²) >= 11 is 8.04. The molecular weight excluding hydrogens is 420 g/mol. The van der Waals surface area contributed by atoms with E-state index in [0.29, 0.717) is 27.4 Å². The fraction of sp³-hybridized carbons (Fsp3) is 0.227. The smallest absolute Gasteiger partial charge is 0.338 e. The topological polar surface area (TPSA) is 69.0 Å². The van der Waals surface area contributed by atoms with Gasteiger partial charge in [-0.15, -0.1) is 5.10 Å². The van der Waals surface area contributed by atoms with Crippen molar-refractivity contribution in [2.24, 2.45) is 0 Å². The van der Waals surface area contributed by atoms with Gasteiger partial charge in [-0.1, -0.05) is 71.9 Å². The minimum Gasteiger partial charge on any atom is -0.463 e. The van der Waals surface area contributed by atoms with E-state index in [2.05, 4.69) is 22.4 Å². The van der Waals surface area contributed by atoms with Crippen LogP contribution in [-0.4, -0.2) is 27.3 Å². The Morgan fingerprint density at radius 3 is 2.67 bits per heavy atom. The molecule has 6 nitrogen and oxygen atoms in total. The number of anilines is 1. The van der Waals surface area contributed by atoms with Gasteiger partial charge in [-0.2, -0.15) is 4.98 Å². The standard InChI is InChI=1S/C22H21ClN4O2S/c1-3-29-20(28)18-14(2)24-21-25-22(30-13-15-9-5-4-6-10-15)26-27(21)19(18)16-11-7-8-12-17(16)23/h4-12,19H,3,13H2,1-2H3,(H,24,25,26)/t19-/m1/s1. The molecule has 2 aromatic carbocycles. The molecule has 2 heterocycles. The molecule has 0 spiro atoms. The lowest BCUT2D eigenvalue weighted by atomic mass is 9.96. The highest BCUT2D eigenvalue weighted by molar-refractivity contribution is 7.98. The van der Waals surface area contributed by atoms with Crippen molar-refractivity contribution in [3.63, 3.8) is 0 Å². The number of nitrogens with one attached hydrogen (secondary N) is 1. The Hall–Kier alpha value is -2.77. The van der Waals surface area contributed by atoms with E-state index < -0.39 is 12.0 Å². The summed E-state index contributed by atoms with van der Waals surface area (Å²) < 4.78 is 7.04. The summed E-state index contributed by atoms with van der Waals surface area (Å²) in [6.45, 7) is 3.91. The van der Waals surface area contributed by atoms with Crippen LogP contribution < -0.4 is 5.32 Å². The molecule has 0 bridgehead atoms. The molecule has 1 N–H and O–H groups in total. The summed E-state index contributed by atoms with van der Waals surface area (Å²) in [5, 5.41) is 9.07. The Morgan fingerprint density at radius 1 is 1.20 bits per heavy atom. The highest BCUT2D eigenvalue weighted by atomic mass is 35.5. The summed E-state index contributed by atoms with van der Waals surface area (Å²) in [6.07, 6.45) is 0. The predicted molar refractivity (Wildman–Crippen MR) is 119 cm³/mol. The first-order valence-corrected chi connectivity index (χ1v) is 11.0. The minimum atomic E-state index is -0.521. The number of carbonyl (C=O) groups is 1. The van der Waals surface area contributed by atoms with Crippen LogP contribution >= 0.6 is 23.4 Å². The van der Waals surface area contributed by atoms with E-state index in [-0.39, 0.29) is 6.61 Å².